The molecule has 1 aliphatic rings. The number of nitrogens with one attached hydrogen (secondary N) is 1. The van der Waals surface area contributed by atoms with Crippen LogP contribution < -0.4 is 5.32 Å². The van der Waals surface area contributed by atoms with E-state index in [0.717, 1.165) is 39.3 Å². The molecule has 1 saturated heterocycles. The summed E-state index contributed by atoms with van der Waals surface area (Å²) in [6.45, 7) is 8.40. The Morgan fingerprint density at radius 2 is 1.83 bits per heavy atom. The number of carbonyl (C=O) groups is 1. The summed E-state index contributed by atoms with van der Waals surface area (Å²) >= 11 is 0. The van der Waals surface area contributed by atoms with Gasteiger partial charge in [-0.15, -0.1) is 24.8 Å². The fourth-order valence-electron chi connectivity index (χ4n) is 2.67. The highest BCUT2D eigenvalue weighted by Crippen LogP contribution is 2.12. The maximum absolute atomic E-state index is 12.1. The Balaban J connectivity index is 0.00000264. The number of amides is 1. The molecule has 0 unspecified atom stereocenters. The molecule has 1 N–H and O–H groups in total. The van der Waals surface area contributed by atoms with Crippen molar-refractivity contribution in [3.8, 4) is 0 Å². The van der Waals surface area contributed by atoms with Gasteiger partial charge in [0.25, 0.3) is 0 Å². The lowest BCUT2D eigenvalue weighted by molar-refractivity contribution is -0.132. The number of hydrogen-bond donors (Lipinski definition) is 1. The molecule has 0 atom stereocenters. The van der Waals surface area contributed by atoms with E-state index in [1.165, 1.54) is 11.1 Å². The predicted molar refractivity (Wildman–Crippen MR) is 102 cm³/mol. The van der Waals surface area contributed by atoms with Crippen LogP contribution in [0.5, 0.6) is 0 Å². The van der Waals surface area contributed by atoms with E-state index in [-0.39, 0.29) is 30.7 Å². The van der Waals surface area contributed by atoms with Crippen molar-refractivity contribution in [1.29, 1.82) is 0 Å². The zero-order chi connectivity index (χ0) is 15.8. The Hall–Kier alpha value is -0.850. The summed E-state index contributed by atoms with van der Waals surface area (Å²) in [6.07, 6.45) is 0. The summed E-state index contributed by atoms with van der Waals surface area (Å²) < 4.78 is 4.96. The van der Waals surface area contributed by atoms with E-state index in [2.05, 4.69) is 41.4 Å². The highest BCUT2D eigenvalue weighted by molar-refractivity contribution is 5.85. The fourth-order valence-corrected chi connectivity index (χ4v) is 2.67. The third-order valence-electron chi connectivity index (χ3n) is 4.14. The fraction of sp³-hybridized carbons (Fsp3) is 0.588. The van der Waals surface area contributed by atoms with Crippen LogP contribution in [0.15, 0.2) is 24.3 Å². The smallest absolute Gasteiger partial charge is 0.236 e. The number of carbonyl (C=O) groups excluding carboxylic acids is 1. The van der Waals surface area contributed by atoms with Gasteiger partial charge in [-0.3, -0.25) is 9.69 Å². The maximum Gasteiger partial charge on any atom is 0.236 e. The minimum atomic E-state index is 0. The van der Waals surface area contributed by atoms with Gasteiger partial charge < -0.3 is 15.0 Å². The Bertz CT molecular complexity index is 481. The number of aryl methyl sites for hydroxylation is 1. The van der Waals surface area contributed by atoms with Gasteiger partial charge in [-0.25, -0.2) is 0 Å². The summed E-state index contributed by atoms with van der Waals surface area (Å²) in [5.74, 6) is 0.187. The molecule has 24 heavy (non-hydrogen) atoms. The molecule has 0 spiro atoms. The number of nitrogens with zero attached hydrogens (tertiary/aromatic N) is 2. The molecule has 1 aliphatic heterocycles. The molecule has 1 aromatic carbocycles. The van der Waals surface area contributed by atoms with Gasteiger partial charge in [-0.05, 0) is 18.1 Å². The van der Waals surface area contributed by atoms with Crippen molar-refractivity contribution in [2.75, 3.05) is 53.0 Å². The molecular weight excluding hydrogens is 349 g/mol. The second kappa shape index (κ2) is 12.5. The van der Waals surface area contributed by atoms with E-state index >= 15 is 0 Å². The topological polar surface area (TPSA) is 44.8 Å². The second-order valence-corrected chi connectivity index (χ2v) is 5.75. The van der Waals surface area contributed by atoms with Crippen molar-refractivity contribution in [3.05, 3.63) is 35.4 Å². The van der Waals surface area contributed by atoms with E-state index in [1.807, 2.05) is 4.90 Å². The number of hydrogen-bond acceptors (Lipinski definition) is 4. The number of benzene rings is 1. The number of methoxy groups -OCH3 is 1. The van der Waals surface area contributed by atoms with Gasteiger partial charge in [0.15, 0.2) is 0 Å². The molecule has 1 fully saturated rings. The van der Waals surface area contributed by atoms with Gasteiger partial charge in [0, 0.05) is 46.4 Å². The number of ether oxygens (including phenoxy) is 1. The molecule has 7 heteroatoms. The van der Waals surface area contributed by atoms with E-state index in [4.69, 9.17) is 4.74 Å². The van der Waals surface area contributed by atoms with Crippen LogP contribution in [0.4, 0.5) is 0 Å². The maximum atomic E-state index is 12.1. The Kier molecular flexibility index (Phi) is 12.1. The zero-order valence-corrected chi connectivity index (χ0v) is 16.1. The highest BCUT2D eigenvalue weighted by Gasteiger charge is 2.20. The average Bonchev–Trinajstić information content (AvgIpc) is 2.54. The zero-order valence-electron chi connectivity index (χ0n) is 14.5. The Morgan fingerprint density at radius 3 is 2.46 bits per heavy atom. The van der Waals surface area contributed by atoms with Gasteiger partial charge in [0.05, 0.1) is 13.2 Å². The van der Waals surface area contributed by atoms with Gasteiger partial charge in [-0.2, -0.15) is 0 Å². The molecule has 1 heterocycles. The van der Waals surface area contributed by atoms with Crippen LogP contribution in [-0.4, -0.2) is 68.7 Å². The van der Waals surface area contributed by atoms with Crippen molar-refractivity contribution in [2.24, 2.45) is 0 Å². The monoisotopic (exact) mass is 377 g/mol. The van der Waals surface area contributed by atoms with Crippen LogP contribution in [0.1, 0.15) is 11.1 Å². The molecule has 0 aliphatic carbocycles. The van der Waals surface area contributed by atoms with E-state index in [0.29, 0.717) is 13.2 Å². The van der Waals surface area contributed by atoms with Crippen molar-refractivity contribution in [1.82, 2.24) is 15.1 Å². The number of halogens is 2. The van der Waals surface area contributed by atoms with Gasteiger partial charge >= 0.3 is 0 Å². The standard InChI is InChI=1S/C17H27N3O2.2ClH/c1-15-5-3-4-6-16(15)14-19-8-10-20(11-9-19)17(21)13-18-7-12-22-2;;/h3-6,18H,7-14H2,1-2H3;2*1H. The summed E-state index contributed by atoms with van der Waals surface area (Å²) in [4.78, 5) is 16.5. The minimum absolute atomic E-state index is 0. The van der Waals surface area contributed by atoms with Gasteiger partial charge in [0.1, 0.15) is 0 Å². The molecule has 0 radical (unpaired) electrons. The molecule has 1 aromatic rings. The van der Waals surface area contributed by atoms with Crippen LogP contribution in [0.3, 0.4) is 0 Å². The molecule has 1 amide bonds. The van der Waals surface area contributed by atoms with Crippen molar-refractivity contribution >= 4 is 30.7 Å². The van der Waals surface area contributed by atoms with Crippen molar-refractivity contribution in [2.45, 2.75) is 13.5 Å². The average molecular weight is 378 g/mol. The Morgan fingerprint density at radius 1 is 1.17 bits per heavy atom. The van der Waals surface area contributed by atoms with E-state index in [1.54, 1.807) is 7.11 Å². The lowest BCUT2D eigenvalue weighted by Crippen LogP contribution is -2.50. The third-order valence-corrected chi connectivity index (χ3v) is 4.14. The largest absolute Gasteiger partial charge is 0.383 e. The summed E-state index contributed by atoms with van der Waals surface area (Å²) in [6, 6.07) is 8.51. The van der Waals surface area contributed by atoms with Crippen LogP contribution in [-0.2, 0) is 16.1 Å². The first-order valence-electron chi connectivity index (χ1n) is 7.95. The van der Waals surface area contributed by atoms with Gasteiger partial charge in [-0.1, -0.05) is 24.3 Å². The number of rotatable bonds is 7. The first-order chi connectivity index (χ1) is 10.7. The lowest BCUT2D eigenvalue weighted by Gasteiger charge is -2.35. The lowest BCUT2D eigenvalue weighted by atomic mass is 10.1. The summed E-state index contributed by atoms with van der Waals surface area (Å²) in [5, 5.41) is 3.11. The molecule has 138 valence electrons. The SMILES string of the molecule is COCCNCC(=O)N1CCN(Cc2ccccc2C)CC1.Cl.Cl. The summed E-state index contributed by atoms with van der Waals surface area (Å²) in [5.41, 5.74) is 2.71. The molecule has 2 rings (SSSR count). The van der Waals surface area contributed by atoms with E-state index < -0.39 is 0 Å². The van der Waals surface area contributed by atoms with Crippen molar-refractivity contribution < 1.29 is 9.53 Å². The van der Waals surface area contributed by atoms with E-state index in [9.17, 15) is 4.79 Å². The van der Waals surface area contributed by atoms with Gasteiger partial charge in [0.2, 0.25) is 5.91 Å². The first-order valence-corrected chi connectivity index (χ1v) is 7.95. The molecule has 5 nitrogen and oxygen atoms in total. The van der Waals surface area contributed by atoms with Crippen LogP contribution in [0, 0.1) is 6.92 Å². The predicted octanol–water partition coefficient (Wildman–Crippen LogP) is 1.72. The molecular formula is C17H29Cl2N3O2. The summed E-state index contributed by atoms with van der Waals surface area (Å²) in [7, 11) is 1.66. The molecule has 0 saturated carbocycles. The molecule has 0 bridgehead atoms. The molecule has 0 aromatic heterocycles. The first kappa shape index (κ1) is 23.1. The second-order valence-electron chi connectivity index (χ2n) is 5.75. The highest BCUT2D eigenvalue weighted by atomic mass is 35.5. The number of piperazine rings is 1. The van der Waals surface area contributed by atoms with Crippen LogP contribution in [0.2, 0.25) is 0 Å². The quantitative estimate of drug-likeness (QED) is 0.734. The van der Waals surface area contributed by atoms with Crippen LogP contribution >= 0.6 is 24.8 Å². The van der Waals surface area contributed by atoms with Crippen molar-refractivity contribution in [3.63, 3.8) is 0 Å². The Labute approximate surface area is 157 Å². The normalized spacial score (nSPS) is 14.7. The minimum Gasteiger partial charge on any atom is -0.383 e. The van der Waals surface area contributed by atoms with Crippen LogP contribution in [0.25, 0.3) is 0 Å². The third kappa shape index (κ3) is 7.36.